The lowest BCUT2D eigenvalue weighted by molar-refractivity contribution is -0.125. The highest BCUT2D eigenvalue weighted by molar-refractivity contribution is 7.91. The fourth-order valence-electron chi connectivity index (χ4n) is 4.18. The smallest absolute Gasteiger partial charge is 0.246 e. The zero-order chi connectivity index (χ0) is 23.6. The lowest BCUT2D eigenvalue weighted by Crippen LogP contribution is -2.24. The van der Waals surface area contributed by atoms with Gasteiger partial charge in [0.05, 0.1) is 36.0 Å². The number of aryl methyl sites for hydroxylation is 1. The maximum absolute atomic E-state index is 12.7. The van der Waals surface area contributed by atoms with Gasteiger partial charge in [0, 0.05) is 42.7 Å². The van der Waals surface area contributed by atoms with Gasteiger partial charge in [0.15, 0.2) is 9.84 Å². The van der Waals surface area contributed by atoms with Gasteiger partial charge in [-0.3, -0.25) is 14.2 Å². The molecule has 0 bridgehead atoms. The van der Waals surface area contributed by atoms with Crippen molar-refractivity contribution in [2.75, 3.05) is 18.6 Å². The lowest BCUT2D eigenvalue weighted by Gasteiger charge is -2.16. The Balaban J connectivity index is 1.39. The number of carbonyl (C=O) groups is 1. The second-order valence-electron chi connectivity index (χ2n) is 8.64. The summed E-state index contributed by atoms with van der Waals surface area (Å²) in [5.41, 5.74) is 4.71. The number of sulfone groups is 1. The first-order valence-corrected chi connectivity index (χ1v) is 12.8. The largest absolute Gasteiger partial charge is 0.338 e. The summed E-state index contributed by atoms with van der Waals surface area (Å²) >= 11 is 0. The van der Waals surface area contributed by atoms with Crippen LogP contribution in [0.15, 0.2) is 48.8 Å². The van der Waals surface area contributed by atoms with Gasteiger partial charge < -0.3 is 4.90 Å². The first kappa shape index (κ1) is 23.0. The summed E-state index contributed by atoms with van der Waals surface area (Å²) in [5, 5.41) is 8.95. The van der Waals surface area contributed by atoms with Crippen LogP contribution in [-0.4, -0.2) is 57.3 Å². The van der Waals surface area contributed by atoms with Gasteiger partial charge in [-0.1, -0.05) is 30.3 Å². The van der Waals surface area contributed by atoms with E-state index in [0.29, 0.717) is 19.5 Å². The fourth-order valence-corrected chi connectivity index (χ4v) is 5.87. The third-order valence-corrected chi connectivity index (χ3v) is 7.81. The van der Waals surface area contributed by atoms with Crippen LogP contribution in [0.3, 0.4) is 0 Å². The van der Waals surface area contributed by atoms with E-state index in [0.717, 1.165) is 28.1 Å². The van der Waals surface area contributed by atoms with Crippen LogP contribution in [0, 0.1) is 13.8 Å². The molecule has 1 aromatic carbocycles. The number of rotatable bonds is 7. The van der Waals surface area contributed by atoms with Gasteiger partial charge in [0.25, 0.3) is 0 Å². The van der Waals surface area contributed by atoms with Crippen LogP contribution in [0.5, 0.6) is 0 Å². The molecule has 1 aliphatic rings. The van der Waals surface area contributed by atoms with Crippen LogP contribution in [-0.2, 0) is 27.7 Å². The maximum atomic E-state index is 12.7. The zero-order valence-corrected chi connectivity index (χ0v) is 20.0. The summed E-state index contributed by atoms with van der Waals surface area (Å²) in [4.78, 5) is 14.3. The predicted molar refractivity (Wildman–Crippen MR) is 127 cm³/mol. The van der Waals surface area contributed by atoms with E-state index in [9.17, 15) is 13.2 Å². The monoisotopic (exact) mass is 467 g/mol. The SMILES string of the molecule is Cc1nn([C@H]2CCS(=O)(=O)C2)c(C)c1CN(C)C(=O)/C=C/c1cnn(Cc2ccccc2)c1. The van der Waals surface area contributed by atoms with Crippen LogP contribution < -0.4 is 0 Å². The Morgan fingerprint density at radius 2 is 2.00 bits per heavy atom. The van der Waals surface area contributed by atoms with E-state index >= 15 is 0 Å². The Morgan fingerprint density at radius 1 is 1.24 bits per heavy atom. The molecule has 0 unspecified atom stereocenters. The van der Waals surface area contributed by atoms with Crippen molar-refractivity contribution in [2.45, 2.75) is 39.4 Å². The molecular weight excluding hydrogens is 438 g/mol. The van der Waals surface area contributed by atoms with Crippen molar-refractivity contribution in [1.29, 1.82) is 0 Å². The van der Waals surface area contributed by atoms with Gasteiger partial charge in [-0.15, -0.1) is 0 Å². The predicted octanol–water partition coefficient (Wildman–Crippen LogP) is 2.78. The van der Waals surface area contributed by atoms with E-state index in [-0.39, 0.29) is 23.5 Å². The minimum Gasteiger partial charge on any atom is -0.338 e. The van der Waals surface area contributed by atoms with Gasteiger partial charge in [-0.05, 0) is 31.9 Å². The standard InChI is InChI=1S/C24H29N5O3S/c1-18-23(19(2)29(26-18)22-11-12-33(31,32)17-22)16-27(3)24(30)10-9-21-13-25-28(15-21)14-20-7-5-4-6-8-20/h4-10,13,15,22H,11-12,14,16-17H2,1-3H3/b10-9+/t22-/m0/s1. The molecule has 9 heteroatoms. The molecular formula is C24H29N5O3S. The second kappa shape index (κ2) is 9.35. The minimum atomic E-state index is -2.99. The lowest BCUT2D eigenvalue weighted by atomic mass is 10.1. The summed E-state index contributed by atoms with van der Waals surface area (Å²) in [5.74, 6) is 0.209. The molecule has 0 N–H and O–H groups in total. The highest BCUT2D eigenvalue weighted by atomic mass is 32.2. The third kappa shape index (κ3) is 5.42. The van der Waals surface area contributed by atoms with E-state index in [1.54, 1.807) is 30.3 Å². The molecule has 8 nitrogen and oxygen atoms in total. The summed E-state index contributed by atoms with van der Waals surface area (Å²) < 4.78 is 27.4. The Bertz CT molecular complexity index is 1270. The highest BCUT2D eigenvalue weighted by Gasteiger charge is 2.31. The number of hydrogen-bond donors (Lipinski definition) is 0. The van der Waals surface area contributed by atoms with Gasteiger partial charge >= 0.3 is 0 Å². The summed E-state index contributed by atoms with van der Waals surface area (Å²) in [6, 6.07) is 9.95. The molecule has 1 saturated heterocycles. The number of aromatic nitrogens is 4. The van der Waals surface area contributed by atoms with E-state index in [2.05, 4.69) is 10.2 Å². The van der Waals surface area contributed by atoms with Gasteiger partial charge in [0.2, 0.25) is 5.91 Å². The number of nitrogens with zero attached hydrogens (tertiary/aromatic N) is 5. The molecule has 0 radical (unpaired) electrons. The molecule has 33 heavy (non-hydrogen) atoms. The van der Waals surface area contributed by atoms with Gasteiger partial charge in [-0.25, -0.2) is 8.42 Å². The number of likely N-dealkylation sites (N-methyl/N-ethyl adjacent to an activating group) is 1. The first-order chi connectivity index (χ1) is 15.7. The number of benzene rings is 1. The van der Waals surface area contributed by atoms with Crippen molar-refractivity contribution in [1.82, 2.24) is 24.5 Å². The summed E-state index contributed by atoms with van der Waals surface area (Å²) in [7, 11) is -1.24. The first-order valence-electron chi connectivity index (χ1n) is 11.0. The van der Waals surface area contributed by atoms with E-state index in [1.165, 1.54) is 0 Å². The molecule has 3 aromatic rings. The summed E-state index contributed by atoms with van der Waals surface area (Å²) in [6.45, 7) is 4.92. The highest BCUT2D eigenvalue weighted by Crippen LogP contribution is 2.27. The number of hydrogen-bond acceptors (Lipinski definition) is 5. The molecule has 2 aromatic heterocycles. The van der Waals surface area contributed by atoms with Crippen molar-refractivity contribution < 1.29 is 13.2 Å². The topological polar surface area (TPSA) is 90.1 Å². The molecule has 4 rings (SSSR count). The number of carbonyl (C=O) groups excluding carboxylic acids is 1. The van der Waals surface area contributed by atoms with Gasteiger partial charge in [-0.2, -0.15) is 10.2 Å². The van der Waals surface area contributed by atoms with Crippen LogP contribution in [0.25, 0.3) is 6.08 Å². The molecule has 0 aliphatic carbocycles. The van der Waals surface area contributed by atoms with Crippen LogP contribution in [0.1, 0.15) is 40.5 Å². The third-order valence-electron chi connectivity index (χ3n) is 6.06. The van der Waals surface area contributed by atoms with Crippen molar-refractivity contribution in [3.63, 3.8) is 0 Å². The Kier molecular flexibility index (Phi) is 6.51. The van der Waals surface area contributed by atoms with E-state index < -0.39 is 9.84 Å². The molecule has 1 amide bonds. The van der Waals surface area contributed by atoms with Crippen molar-refractivity contribution in [3.05, 3.63) is 76.9 Å². The van der Waals surface area contributed by atoms with Crippen molar-refractivity contribution >= 4 is 21.8 Å². The fraction of sp³-hybridized carbons (Fsp3) is 0.375. The molecule has 1 fully saturated rings. The maximum Gasteiger partial charge on any atom is 0.246 e. The molecule has 174 valence electrons. The average molecular weight is 468 g/mol. The zero-order valence-electron chi connectivity index (χ0n) is 19.2. The Labute approximate surface area is 194 Å². The number of amides is 1. The van der Waals surface area contributed by atoms with Crippen molar-refractivity contribution in [2.24, 2.45) is 0 Å². The normalized spacial score (nSPS) is 17.6. The Hall–Kier alpha value is -3.20. The van der Waals surface area contributed by atoms with Crippen molar-refractivity contribution in [3.8, 4) is 0 Å². The quantitative estimate of drug-likeness (QED) is 0.499. The van der Waals surface area contributed by atoms with Crippen LogP contribution >= 0.6 is 0 Å². The average Bonchev–Trinajstić information content (AvgIpc) is 3.46. The van der Waals surface area contributed by atoms with E-state index in [4.69, 9.17) is 0 Å². The van der Waals surface area contributed by atoms with E-state index in [1.807, 2.05) is 59.7 Å². The molecule has 0 saturated carbocycles. The molecule has 1 aliphatic heterocycles. The molecule has 3 heterocycles. The van der Waals surface area contributed by atoms with Crippen LogP contribution in [0.2, 0.25) is 0 Å². The van der Waals surface area contributed by atoms with Gasteiger partial charge in [0.1, 0.15) is 0 Å². The second-order valence-corrected chi connectivity index (χ2v) is 10.9. The Morgan fingerprint density at radius 3 is 2.70 bits per heavy atom. The molecule has 1 atom stereocenters. The minimum absolute atomic E-state index is 0.124. The summed E-state index contributed by atoms with van der Waals surface area (Å²) in [6.07, 6.45) is 7.53. The van der Waals surface area contributed by atoms with Crippen LogP contribution in [0.4, 0.5) is 0 Å². The molecule has 0 spiro atoms.